The first-order chi connectivity index (χ1) is 11.7. The van der Waals surface area contributed by atoms with Gasteiger partial charge in [0.15, 0.2) is 0 Å². The molecule has 0 aliphatic carbocycles. The Morgan fingerprint density at radius 1 is 1.04 bits per heavy atom. The molecule has 1 aliphatic heterocycles. The number of amides is 1. The molecule has 1 aliphatic rings. The van der Waals surface area contributed by atoms with Crippen molar-refractivity contribution in [1.82, 2.24) is 4.90 Å². The van der Waals surface area contributed by atoms with Crippen LogP contribution in [0.15, 0.2) is 60.7 Å². The largest absolute Gasteiger partial charge is 0.481 e. The van der Waals surface area contributed by atoms with E-state index in [9.17, 15) is 14.7 Å². The molecule has 2 atom stereocenters. The standard InChI is InChI=1S/C19H19NO4/c21-18(22)16-11-12-20(17(16)15-9-5-2-6-10-15)19(23)24-13-14-7-3-1-4-8-14/h1-10,16-17H,11-13H2,(H,21,22)/t16-,17+/m1/s1. The number of likely N-dealkylation sites (tertiary alicyclic amines) is 1. The molecule has 1 amide bonds. The van der Waals surface area contributed by atoms with Crippen LogP contribution in [0.3, 0.4) is 0 Å². The molecule has 3 rings (SSSR count). The fraction of sp³-hybridized carbons (Fsp3) is 0.263. The number of carbonyl (C=O) groups excluding carboxylic acids is 1. The Hall–Kier alpha value is -2.82. The number of aliphatic carboxylic acids is 1. The molecule has 0 spiro atoms. The fourth-order valence-electron chi connectivity index (χ4n) is 3.12. The maximum atomic E-state index is 12.5. The van der Waals surface area contributed by atoms with Gasteiger partial charge in [-0.3, -0.25) is 4.79 Å². The van der Waals surface area contributed by atoms with Crippen LogP contribution in [-0.2, 0) is 16.1 Å². The molecule has 0 unspecified atom stereocenters. The van der Waals surface area contributed by atoms with Crippen LogP contribution in [0.2, 0.25) is 0 Å². The van der Waals surface area contributed by atoms with Crippen LogP contribution >= 0.6 is 0 Å². The van der Waals surface area contributed by atoms with Crippen LogP contribution in [0, 0.1) is 5.92 Å². The van der Waals surface area contributed by atoms with E-state index in [0.717, 1.165) is 11.1 Å². The van der Waals surface area contributed by atoms with Crippen molar-refractivity contribution in [3.8, 4) is 0 Å². The summed E-state index contributed by atoms with van der Waals surface area (Å²) in [6.07, 6.45) is -0.0496. The number of nitrogens with zero attached hydrogens (tertiary/aromatic N) is 1. The van der Waals surface area contributed by atoms with Crippen LogP contribution < -0.4 is 0 Å². The third-order valence-electron chi connectivity index (χ3n) is 4.30. The second-order valence-corrected chi connectivity index (χ2v) is 5.82. The molecule has 5 nitrogen and oxygen atoms in total. The van der Waals surface area contributed by atoms with Gasteiger partial charge in [-0.25, -0.2) is 4.79 Å². The quantitative estimate of drug-likeness (QED) is 0.934. The first-order valence-corrected chi connectivity index (χ1v) is 7.92. The molecule has 0 radical (unpaired) electrons. The lowest BCUT2D eigenvalue weighted by Gasteiger charge is -2.26. The summed E-state index contributed by atoms with van der Waals surface area (Å²) < 4.78 is 5.39. The van der Waals surface area contributed by atoms with Crippen LogP contribution in [0.5, 0.6) is 0 Å². The van der Waals surface area contributed by atoms with Crippen LogP contribution in [0.1, 0.15) is 23.6 Å². The number of carboxylic acid groups (broad SMARTS) is 1. The Labute approximate surface area is 140 Å². The van der Waals surface area contributed by atoms with E-state index in [1.54, 1.807) is 0 Å². The molecule has 0 bridgehead atoms. The van der Waals surface area contributed by atoms with Crippen LogP contribution in [0.4, 0.5) is 4.79 Å². The summed E-state index contributed by atoms with van der Waals surface area (Å²) in [4.78, 5) is 25.6. The minimum absolute atomic E-state index is 0.176. The molecule has 1 saturated heterocycles. The number of hydrogen-bond donors (Lipinski definition) is 1. The van der Waals surface area contributed by atoms with Gasteiger partial charge in [-0.2, -0.15) is 0 Å². The number of rotatable bonds is 4. The number of ether oxygens (including phenoxy) is 1. The zero-order valence-corrected chi connectivity index (χ0v) is 13.2. The lowest BCUT2D eigenvalue weighted by molar-refractivity contribution is -0.142. The van der Waals surface area contributed by atoms with Crippen molar-refractivity contribution >= 4 is 12.1 Å². The average Bonchev–Trinajstić information content (AvgIpc) is 3.07. The number of hydrogen-bond acceptors (Lipinski definition) is 3. The Morgan fingerprint density at radius 3 is 2.29 bits per heavy atom. The summed E-state index contributed by atoms with van der Waals surface area (Å²) >= 11 is 0. The van der Waals surface area contributed by atoms with E-state index in [-0.39, 0.29) is 6.61 Å². The molecule has 1 fully saturated rings. The Morgan fingerprint density at radius 2 is 1.67 bits per heavy atom. The van der Waals surface area contributed by atoms with E-state index in [1.165, 1.54) is 4.90 Å². The first-order valence-electron chi connectivity index (χ1n) is 7.92. The second-order valence-electron chi connectivity index (χ2n) is 5.82. The summed E-state index contributed by atoms with van der Waals surface area (Å²) in [5.41, 5.74) is 1.72. The second kappa shape index (κ2) is 7.17. The van der Waals surface area contributed by atoms with E-state index < -0.39 is 24.0 Å². The maximum Gasteiger partial charge on any atom is 0.410 e. The summed E-state index contributed by atoms with van der Waals surface area (Å²) in [6, 6.07) is 18.2. The highest BCUT2D eigenvalue weighted by Crippen LogP contribution is 2.37. The lowest BCUT2D eigenvalue weighted by Crippen LogP contribution is -2.34. The molecule has 0 saturated carbocycles. The van der Waals surface area contributed by atoms with Gasteiger partial charge in [-0.05, 0) is 17.5 Å². The highest BCUT2D eigenvalue weighted by atomic mass is 16.6. The molecule has 1 N–H and O–H groups in total. The van der Waals surface area contributed by atoms with Crippen molar-refractivity contribution in [1.29, 1.82) is 0 Å². The smallest absolute Gasteiger partial charge is 0.410 e. The maximum absolute atomic E-state index is 12.5. The molecule has 0 aromatic heterocycles. The van der Waals surface area contributed by atoms with Gasteiger partial charge < -0.3 is 14.7 Å². The van der Waals surface area contributed by atoms with Gasteiger partial charge in [0.2, 0.25) is 0 Å². The third-order valence-corrected chi connectivity index (χ3v) is 4.30. The molecular weight excluding hydrogens is 306 g/mol. The van der Waals surface area contributed by atoms with Crippen molar-refractivity contribution in [2.24, 2.45) is 5.92 Å². The van der Waals surface area contributed by atoms with E-state index in [2.05, 4.69) is 0 Å². The van der Waals surface area contributed by atoms with Gasteiger partial charge in [-0.15, -0.1) is 0 Å². The number of benzene rings is 2. The van der Waals surface area contributed by atoms with Gasteiger partial charge in [-0.1, -0.05) is 60.7 Å². The van der Waals surface area contributed by atoms with Crippen molar-refractivity contribution in [2.45, 2.75) is 19.1 Å². The summed E-state index contributed by atoms with van der Waals surface area (Å²) in [5.74, 6) is -1.50. The Kier molecular flexibility index (Phi) is 4.79. The van der Waals surface area contributed by atoms with Crippen molar-refractivity contribution in [2.75, 3.05) is 6.54 Å². The SMILES string of the molecule is O=C(O)[C@@H]1CCN(C(=O)OCc2ccccc2)[C@H]1c1ccccc1. The molecule has 24 heavy (non-hydrogen) atoms. The predicted octanol–water partition coefficient (Wildman–Crippen LogP) is 3.47. The summed E-state index contributed by atoms with van der Waals surface area (Å²) in [5, 5.41) is 9.47. The number of carbonyl (C=O) groups is 2. The third kappa shape index (κ3) is 3.40. The zero-order valence-electron chi connectivity index (χ0n) is 13.2. The minimum atomic E-state index is -0.887. The lowest BCUT2D eigenvalue weighted by atomic mass is 9.94. The van der Waals surface area contributed by atoms with Crippen LogP contribution in [-0.4, -0.2) is 28.6 Å². The Balaban J connectivity index is 1.75. The fourth-order valence-corrected chi connectivity index (χ4v) is 3.12. The summed E-state index contributed by atoms with van der Waals surface area (Å²) in [7, 11) is 0. The van der Waals surface area contributed by atoms with E-state index in [4.69, 9.17) is 4.74 Å². The molecule has 2 aromatic rings. The predicted molar refractivity (Wildman–Crippen MR) is 88.3 cm³/mol. The zero-order chi connectivity index (χ0) is 16.9. The average molecular weight is 325 g/mol. The molecule has 5 heteroatoms. The van der Waals surface area contributed by atoms with E-state index >= 15 is 0 Å². The van der Waals surface area contributed by atoms with E-state index in [0.29, 0.717) is 13.0 Å². The number of carboxylic acids is 1. The van der Waals surface area contributed by atoms with E-state index in [1.807, 2.05) is 60.7 Å². The molecule has 124 valence electrons. The van der Waals surface area contributed by atoms with Crippen molar-refractivity contribution < 1.29 is 19.4 Å². The minimum Gasteiger partial charge on any atom is -0.481 e. The van der Waals surface area contributed by atoms with Gasteiger partial charge in [0.25, 0.3) is 0 Å². The van der Waals surface area contributed by atoms with Crippen LogP contribution in [0.25, 0.3) is 0 Å². The van der Waals surface area contributed by atoms with Crippen molar-refractivity contribution in [3.05, 3.63) is 71.8 Å². The molecule has 2 aromatic carbocycles. The first kappa shape index (κ1) is 16.1. The Bertz CT molecular complexity index is 702. The highest BCUT2D eigenvalue weighted by molar-refractivity contribution is 5.75. The van der Waals surface area contributed by atoms with Gasteiger partial charge in [0.05, 0.1) is 12.0 Å². The monoisotopic (exact) mass is 325 g/mol. The molecular formula is C19H19NO4. The van der Waals surface area contributed by atoms with Gasteiger partial charge in [0, 0.05) is 6.54 Å². The normalized spacial score (nSPS) is 19.9. The summed E-state index contributed by atoms with van der Waals surface area (Å²) in [6.45, 7) is 0.555. The van der Waals surface area contributed by atoms with Crippen molar-refractivity contribution in [3.63, 3.8) is 0 Å². The van der Waals surface area contributed by atoms with Gasteiger partial charge >= 0.3 is 12.1 Å². The molecule has 1 heterocycles. The highest BCUT2D eigenvalue weighted by Gasteiger charge is 2.42. The van der Waals surface area contributed by atoms with Gasteiger partial charge in [0.1, 0.15) is 6.61 Å². The topological polar surface area (TPSA) is 66.8 Å².